The molecule has 2 aromatic rings. The summed E-state index contributed by atoms with van der Waals surface area (Å²) >= 11 is 7.59. The number of nitrogen functional groups attached to an aromatic ring is 1. The van der Waals surface area contributed by atoms with Crippen LogP contribution in [0.1, 0.15) is 27.0 Å². The number of nitrogens with two attached hydrogens (primary N) is 1. The molecule has 1 heterocycles. The van der Waals surface area contributed by atoms with Gasteiger partial charge in [0.15, 0.2) is 0 Å². The molecule has 0 aliphatic rings. The molecule has 0 bridgehead atoms. The smallest absolute Gasteiger partial charge is 0.342 e. The molecule has 0 atom stereocenters. The standard InChI is InChI=1S/C14H14ClNO2S/c1-2-9-6-7-10(19-9)8-18-14(17)13-11(15)4-3-5-12(13)16/h3-7H,2,8,16H2,1H3. The minimum absolute atomic E-state index is 0.233. The first kappa shape index (κ1) is 13.9. The maximum absolute atomic E-state index is 12.0. The lowest BCUT2D eigenvalue weighted by Crippen LogP contribution is -2.08. The molecular formula is C14H14ClNO2S. The van der Waals surface area contributed by atoms with Gasteiger partial charge in [-0.05, 0) is 30.7 Å². The molecule has 0 saturated heterocycles. The van der Waals surface area contributed by atoms with Gasteiger partial charge in [0, 0.05) is 15.4 Å². The molecule has 0 radical (unpaired) electrons. The van der Waals surface area contributed by atoms with Crippen LogP contribution >= 0.6 is 22.9 Å². The number of thiophene rings is 1. The lowest BCUT2D eigenvalue weighted by Gasteiger charge is -2.07. The highest BCUT2D eigenvalue weighted by Crippen LogP contribution is 2.24. The van der Waals surface area contributed by atoms with E-state index in [-0.39, 0.29) is 12.2 Å². The van der Waals surface area contributed by atoms with Gasteiger partial charge in [0.1, 0.15) is 12.2 Å². The zero-order chi connectivity index (χ0) is 13.8. The first-order valence-corrected chi connectivity index (χ1v) is 7.10. The molecule has 0 fully saturated rings. The number of hydrogen-bond acceptors (Lipinski definition) is 4. The topological polar surface area (TPSA) is 52.3 Å². The van der Waals surface area contributed by atoms with Gasteiger partial charge in [0.25, 0.3) is 0 Å². The monoisotopic (exact) mass is 295 g/mol. The minimum atomic E-state index is -0.491. The molecule has 100 valence electrons. The van der Waals surface area contributed by atoms with E-state index in [1.807, 2.05) is 12.1 Å². The maximum atomic E-state index is 12.0. The molecule has 0 spiro atoms. The van der Waals surface area contributed by atoms with Crippen molar-refractivity contribution in [2.75, 3.05) is 5.73 Å². The first-order valence-electron chi connectivity index (χ1n) is 5.90. The Morgan fingerprint density at radius 3 is 2.68 bits per heavy atom. The quantitative estimate of drug-likeness (QED) is 0.687. The summed E-state index contributed by atoms with van der Waals surface area (Å²) in [6.45, 7) is 2.33. The number of hydrogen-bond donors (Lipinski definition) is 1. The molecule has 0 unspecified atom stereocenters. The first-order chi connectivity index (χ1) is 9.11. The van der Waals surface area contributed by atoms with Crippen LogP contribution in [-0.4, -0.2) is 5.97 Å². The number of carbonyl (C=O) groups is 1. The molecule has 1 aromatic heterocycles. The summed E-state index contributed by atoms with van der Waals surface area (Å²) in [5.41, 5.74) is 6.30. The van der Waals surface area contributed by atoms with Gasteiger partial charge in [0.2, 0.25) is 0 Å². The average Bonchev–Trinajstić information content (AvgIpc) is 2.84. The fourth-order valence-electron chi connectivity index (χ4n) is 1.65. The van der Waals surface area contributed by atoms with E-state index in [1.165, 1.54) is 4.88 Å². The zero-order valence-electron chi connectivity index (χ0n) is 10.5. The predicted molar refractivity (Wildman–Crippen MR) is 78.7 cm³/mol. The number of halogens is 1. The van der Waals surface area contributed by atoms with Crippen LogP contribution < -0.4 is 5.73 Å². The van der Waals surface area contributed by atoms with Gasteiger partial charge in [0.05, 0.1) is 5.02 Å². The van der Waals surface area contributed by atoms with Crippen LogP contribution in [0.2, 0.25) is 5.02 Å². The van der Waals surface area contributed by atoms with E-state index in [0.717, 1.165) is 11.3 Å². The largest absolute Gasteiger partial charge is 0.456 e. The zero-order valence-corrected chi connectivity index (χ0v) is 12.1. The lowest BCUT2D eigenvalue weighted by atomic mass is 10.2. The van der Waals surface area contributed by atoms with Crippen molar-refractivity contribution < 1.29 is 9.53 Å². The minimum Gasteiger partial charge on any atom is -0.456 e. The van der Waals surface area contributed by atoms with E-state index < -0.39 is 5.97 Å². The molecule has 0 amide bonds. The Labute approximate surface area is 121 Å². The number of esters is 1. The van der Waals surface area contributed by atoms with E-state index >= 15 is 0 Å². The molecule has 3 nitrogen and oxygen atoms in total. The molecular weight excluding hydrogens is 282 g/mol. The van der Waals surface area contributed by atoms with Crippen LogP contribution in [0.25, 0.3) is 0 Å². The summed E-state index contributed by atoms with van der Waals surface area (Å²) in [6, 6.07) is 8.95. The molecule has 0 saturated carbocycles. The Morgan fingerprint density at radius 1 is 1.32 bits per heavy atom. The Bertz CT molecular complexity index is 575. The Hall–Kier alpha value is -1.52. The van der Waals surface area contributed by atoms with Crippen LogP contribution in [0, 0.1) is 0 Å². The van der Waals surface area contributed by atoms with Crippen molar-refractivity contribution in [3.63, 3.8) is 0 Å². The number of benzene rings is 1. The van der Waals surface area contributed by atoms with Gasteiger partial charge in [-0.15, -0.1) is 11.3 Å². The van der Waals surface area contributed by atoms with Crippen molar-refractivity contribution >= 4 is 34.6 Å². The number of ether oxygens (including phenoxy) is 1. The normalized spacial score (nSPS) is 10.4. The van der Waals surface area contributed by atoms with Crippen LogP contribution in [0.5, 0.6) is 0 Å². The number of carbonyl (C=O) groups excluding carboxylic acids is 1. The third kappa shape index (κ3) is 3.28. The highest BCUT2D eigenvalue weighted by molar-refractivity contribution is 7.11. The van der Waals surface area contributed by atoms with E-state index in [2.05, 4.69) is 6.92 Å². The second-order valence-corrected chi connectivity index (χ2v) is 5.66. The van der Waals surface area contributed by atoms with Crippen LogP contribution in [0.3, 0.4) is 0 Å². The summed E-state index contributed by atoms with van der Waals surface area (Å²) in [7, 11) is 0. The third-order valence-electron chi connectivity index (χ3n) is 2.66. The third-order valence-corrected chi connectivity index (χ3v) is 4.18. The molecule has 1 aromatic carbocycles. The second-order valence-electron chi connectivity index (χ2n) is 4.00. The van der Waals surface area contributed by atoms with Gasteiger partial charge < -0.3 is 10.5 Å². The van der Waals surface area contributed by atoms with Gasteiger partial charge in [-0.1, -0.05) is 24.6 Å². The number of rotatable bonds is 4. The highest BCUT2D eigenvalue weighted by Gasteiger charge is 2.15. The predicted octanol–water partition coefficient (Wildman–Crippen LogP) is 3.90. The van der Waals surface area contributed by atoms with Crippen LogP contribution in [0.4, 0.5) is 5.69 Å². The summed E-state index contributed by atoms with van der Waals surface area (Å²) in [5.74, 6) is -0.491. The number of aryl methyl sites for hydroxylation is 1. The summed E-state index contributed by atoms with van der Waals surface area (Å²) < 4.78 is 5.24. The van der Waals surface area contributed by atoms with Crippen molar-refractivity contribution in [2.24, 2.45) is 0 Å². The molecule has 19 heavy (non-hydrogen) atoms. The molecule has 5 heteroatoms. The van der Waals surface area contributed by atoms with Crippen molar-refractivity contribution in [2.45, 2.75) is 20.0 Å². The van der Waals surface area contributed by atoms with Gasteiger partial charge in [-0.2, -0.15) is 0 Å². The van der Waals surface area contributed by atoms with Gasteiger partial charge >= 0.3 is 5.97 Å². The molecule has 2 rings (SSSR count). The highest BCUT2D eigenvalue weighted by atomic mass is 35.5. The van der Waals surface area contributed by atoms with Crippen molar-refractivity contribution in [1.29, 1.82) is 0 Å². The van der Waals surface area contributed by atoms with Crippen LogP contribution in [-0.2, 0) is 17.8 Å². The Kier molecular flexibility index (Phi) is 4.45. The lowest BCUT2D eigenvalue weighted by molar-refractivity contribution is 0.0478. The van der Waals surface area contributed by atoms with E-state index in [4.69, 9.17) is 22.1 Å². The molecule has 0 aliphatic heterocycles. The summed E-state index contributed by atoms with van der Waals surface area (Å²) in [6.07, 6.45) is 0.982. The average molecular weight is 296 g/mol. The molecule has 2 N–H and O–H groups in total. The van der Waals surface area contributed by atoms with E-state index in [9.17, 15) is 4.79 Å². The summed E-state index contributed by atoms with van der Waals surface area (Å²) in [4.78, 5) is 14.2. The SMILES string of the molecule is CCc1ccc(COC(=O)c2c(N)cccc2Cl)s1. The Balaban J connectivity index is 2.05. The fourth-order valence-corrected chi connectivity index (χ4v) is 2.79. The second kappa shape index (κ2) is 6.08. The van der Waals surface area contributed by atoms with Crippen molar-refractivity contribution in [3.05, 3.63) is 50.7 Å². The van der Waals surface area contributed by atoms with E-state index in [0.29, 0.717) is 10.7 Å². The summed E-state index contributed by atoms with van der Waals surface area (Å²) in [5, 5.41) is 0.311. The van der Waals surface area contributed by atoms with Gasteiger partial charge in [-0.25, -0.2) is 4.79 Å². The van der Waals surface area contributed by atoms with Gasteiger partial charge in [-0.3, -0.25) is 0 Å². The Morgan fingerprint density at radius 2 is 2.05 bits per heavy atom. The maximum Gasteiger partial charge on any atom is 0.342 e. The van der Waals surface area contributed by atoms with Crippen molar-refractivity contribution in [1.82, 2.24) is 0 Å². The van der Waals surface area contributed by atoms with Crippen LogP contribution in [0.15, 0.2) is 30.3 Å². The molecule has 0 aliphatic carbocycles. The van der Waals surface area contributed by atoms with Crippen molar-refractivity contribution in [3.8, 4) is 0 Å². The fraction of sp³-hybridized carbons (Fsp3) is 0.214. The number of anilines is 1. The van der Waals surface area contributed by atoms with E-state index in [1.54, 1.807) is 29.5 Å².